The third kappa shape index (κ3) is 1.07. The van der Waals surface area contributed by atoms with Gasteiger partial charge in [-0.05, 0) is 12.1 Å². The molecule has 0 spiro atoms. The average molecular weight is 161 g/mol. The lowest BCUT2D eigenvalue weighted by molar-refractivity contribution is 0.0995. The third-order valence-corrected chi connectivity index (χ3v) is 1.66. The van der Waals surface area contributed by atoms with E-state index in [0.29, 0.717) is 12.2 Å². The largest absolute Gasteiger partial charge is 0.364 e. The lowest BCUT2D eigenvalue weighted by atomic mass is 10.2. The van der Waals surface area contributed by atoms with Crippen LogP contribution in [0.25, 0.3) is 0 Å². The molecule has 0 unspecified atom stereocenters. The monoisotopic (exact) mass is 161 g/mol. The zero-order valence-corrected chi connectivity index (χ0v) is 6.32. The molecule has 0 bridgehead atoms. The Morgan fingerprint density at radius 3 is 3.08 bits per heavy atom. The van der Waals surface area contributed by atoms with Crippen LogP contribution in [-0.2, 0) is 0 Å². The third-order valence-electron chi connectivity index (χ3n) is 1.66. The van der Waals surface area contributed by atoms with Crippen molar-refractivity contribution in [2.24, 2.45) is 10.2 Å². The molecule has 1 N–H and O–H groups in total. The van der Waals surface area contributed by atoms with E-state index in [1.54, 1.807) is 12.1 Å². The van der Waals surface area contributed by atoms with Gasteiger partial charge in [0.15, 0.2) is 0 Å². The van der Waals surface area contributed by atoms with Gasteiger partial charge in [0.2, 0.25) is 0 Å². The van der Waals surface area contributed by atoms with Crippen LogP contribution in [0.15, 0.2) is 34.5 Å². The molecule has 1 aromatic rings. The number of nitrogens with zero attached hydrogens (tertiary/aromatic N) is 2. The minimum Gasteiger partial charge on any atom is -0.364 e. The molecule has 60 valence electrons. The summed E-state index contributed by atoms with van der Waals surface area (Å²) in [5.74, 6) is -0.282. The Balaban J connectivity index is 2.53. The van der Waals surface area contributed by atoms with Gasteiger partial charge in [0.25, 0.3) is 5.91 Å². The summed E-state index contributed by atoms with van der Waals surface area (Å²) in [6.07, 6.45) is 0. The number of anilines is 1. The smallest absolute Gasteiger partial charge is 0.297 e. The molecule has 1 aliphatic heterocycles. The number of amides is 1. The van der Waals surface area contributed by atoms with E-state index < -0.39 is 0 Å². The Morgan fingerprint density at radius 2 is 2.17 bits per heavy atom. The van der Waals surface area contributed by atoms with Crippen molar-refractivity contribution in [1.29, 1.82) is 0 Å². The zero-order chi connectivity index (χ0) is 8.39. The van der Waals surface area contributed by atoms with Gasteiger partial charge in [0, 0.05) is 5.69 Å². The second kappa shape index (κ2) is 2.73. The number of hydrogen-bond acceptors (Lipinski definition) is 3. The van der Waals surface area contributed by atoms with E-state index in [0.717, 1.165) is 5.69 Å². The van der Waals surface area contributed by atoms with Crippen LogP contribution < -0.4 is 5.32 Å². The first-order chi connectivity index (χ1) is 5.88. The number of azo groups is 1. The SMILES string of the molecule is O=C1N=NCNc2ccccc21. The maximum atomic E-state index is 11.2. The number of para-hydroxylation sites is 1. The van der Waals surface area contributed by atoms with Crippen LogP contribution >= 0.6 is 0 Å². The van der Waals surface area contributed by atoms with Crippen molar-refractivity contribution in [2.75, 3.05) is 12.0 Å². The first-order valence-electron chi connectivity index (χ1n) is 3.62. The fourth-order valence-corrected chi connectivity index (χ4v) is 1.10. The maximum Gasteiger partial charge on any atom is 0.297 e. The summed E-state index contributed by atoms with van der Waals surface area (Å²) in [5.41, 5.74) is 1.38. The van der Waals surface area contributed by atoms with Gasteiger partial charge in [-0.15, -0.1) is 5.11 Å². The molecule has 0 fully saturated rings. The molecule has 4 nitrogen and oxygen atoms in total. The molecule has 0 saturated carbocycles. The van der Waals surface area contributed by atoms with E-state index >= 15 is 0 Å². The fourth-order valence-electron chi connectivity index (χ4n) is 1.10. The fraction of sp³-hybridized carbons (Fsp3) is 0.125. The Labute approximate surface area is 69.3 Å². The van der Waals surface area contributed by atoms with Crippen LogP contribution in [0.3, 0.4) is 0 Å². The highest BCUT2D eigenvalue weighted by molar-refractivity contribution is 6.00. The van der Waals surface area contributed by atoms with Crippen LogP contribution in [0.1, 0.15) is 10.4 Å². The lowest BCUT2D eigenvalue weighted by Crippen LogP contribution is -2.00. The van der Waals surface area contributed by atoms with Crippen LogP contribution in [0, 0.1) is 0 Å². The van der Waals surface area contributed by atoms with Gasteiger partial charge in [-0.1, -0.05) is 12.1 Å². The number of benzene rings is 1. The molecule has 1 aromatic carbocycles. The summed E-state index contributed by atoms with van der Waals surface area (Å²) in [6, 6.07) is 7.24. The van der Waals surface area contributed by atoms with Crippen LogP contribution in [-0.4, -0.2) is 12.6 Å². The van der Waals surface area contributed by atoms with E-state index in [1.165, 1.54) is 0 Å². The summed E-state index contributed by atoms with van der Waals surface area (Å²) < 4.78 is 0. The van der Waals surface area contributed by atoms with Gasteiger partial charge >= 0.3 is 0 Å². The number of fused-ring (bicyclic) bond motifs is 1. The van der Waals surface area contributed by atoms with E-state index in [1.807, 2.05) is 12.1 Å². The van der Waals surface area contributed by atoms with Crippen LogP contribution in [0.4, 0.5) is 5.69 Å². The van der Waals surface area contributed by atoms with Crippen molar-refractivity contribution in [2.45, 2.75) is 0 Å². The first kappa shape index (κ1) is 6.97. The Morgan fingerprint density at radius 1 is 1.33 bits per heavy atom. The van der Waals surface area contributed by atoms with Gasteiger partial charge in [-0.3, -0.25) is 4.79 Å². The van der Waals surface area contributed by atoms with Crippen molar-refractivity contribution in [3.05, 3.63) is 29.8 Å². The van der Waals surface area contributed by atoms with Crippen LogP contribution in [0.2, 0.25) is 0 Å². The highest BCUT2D eigenvalue weighted by atomic mass is 16.1. The molecule has 0 aromatic heterocycles. The average Bonchev–Trinajstić information content (AvgIpc) is 2.29. The molecule has 1 amide bonds. The molecule has 0 atom stereocenters. The van der Waals surface area contributed by atoms with Crippen LogP contribution in [0.5, 0.6) is 0 Å². The van der Waals surface area contributed by atoms with E-state index in [4.69, 9.17) is 0 Å². The Hall–Kier alpha value is -1.71. The van der Waals surface area contributed by atoms with Gasteiger partial charge in [0.1, 0.15) is 6.67 Å². The molecule has 0 saturated heterocycles. The highest BCUT2D eigenvalue weighted by Gasteiger charge is 2.11. The summed E-state index contributed by atoms with van der Waals surface area (Å²) in [6.45, 7) is 0.364. The molecule has 12 heavy (non-hydrogen) atoms. The number of nitrogens with one attached hydrogen (secondary N) is 1. The summed E-state index contributed by atoms with van der Waals surface area (Å²) >= 11 is 0. The number of carbonyl (C=O) groups excluding carboxylic acids is 1. The molecule has 1 aliphatic rings. The highest BCUT2D eigenvalue weighted by Crippen LogP contribution is 2.17. The van der Waals surface area contributed by atoms with Gasteiger partial charge in [-0.2, -0.15) is 5.11 Å². The molecule has 0 radical (unpaired) electrons. The minimum atomic E-state index is -0.282. The number of carbonyl (C=O) groups is 1. The maximum absolute atomic E-state index is 11.2. The second-order valence-electron chi connectivity index (χ2n) is 2.43. The van der Waals surface area contributed by atoms with Crippen molar-refractivity contribution in [3.8, 4) is 0 Å². The molecular formula is C8H7N3O. The van der Waals surface area contributed by atoms with E-state index in [-0.39, 0.29) is 5.91 Å². The van der Waals surface area contributed by atoms with Crippen molar-refractivity contribution >= 4 is 11.6 Å². The molecule has 1 heterocycles. The van der Waals surface area contributed by atoms with E-state index in [2.05, 4.69) is 15.5 Å². The first-order valence-corrected chi connectivity index (χ1v) is 3.62. The van der Waals surface area contributed by atoms with Crippen molar-refractivity contribution in [1.82, 2.24) is 0 Å². The molecule has 2 rings (SSSR count). The lowest BCUT2D eigenvalue weighted by Gasteiger charge is -2.02. The van der Waals surface area contributed by atoms with Crippen molar-refractivity contribution in [3.63, 3.8) is 0 Å². The minimum absolute atomic E-state index is 0.282. The molecule has 0 aliphatic carbocycles. The zero-order valence-electron chi connectivity index (χ0n) is 6.32. The quantitative estimate of drug-likeness (QED) is 0.629. The summed E-state index contributed by atoms with van der Waals surface area (Å²) in [4.78, 5) is 11.2. The van der Waals surface area contributed by atoms with Gasteiger partial charge in [-0.25, -0.2) is 0 Å². The number of hydrogen-bond donors (Lipinski definition) is 1. The predicted octanol–water partition coefficient (Wildman–Crippen LogP) is 1.66. The topological polar surface area (TPSA) is 53.8 Å². The summed E-state index contributed by atoms with van der Waals surface area (Å²) in [7, 11) is 0. The standard InChI is InChI=1S/C8H7N3O/c12-8-6-3-1-2-4-7(6)9-5-10-11-8/h1-4,9H,5H2. The van der Waals surface area contributed by atoms with E-state index in [9.17, 15) is 4.79 Å². The van der Waals surface area contributed by atoms with Gasteiger partial charge < -0.3 is 5.32 Å². The molecular weight excluding hydrogens is 154 g/mol. The summed E-state index contributed by atoms with van der Waals surface area (Å²) in [5, 5.41) is 10.1. The second-order valence-corrected chi connectivity index (χ2v) is 2.43. The number of rotatable bonds is 0. The molecule has 4 heteroatoms. The van der Waals surface area contributed by atoms with Gasteiger partial charge in [0.05, 0.1) is 5.56 Å². The normalized spacial score (nSPS) is 14.8. The van der Waals surface area contributed by atoms with Crippen molar-refractivity contribution < 1.29 is 4.79 Å². The Kier molecular flexibility index (Phi) is 1.59. The Bertz CT molecular complexity index is 346. The predicted molar refractivity (Wildman–Crippen MR) is 44.1 cm³/mol.